The van der Waals surface area contributed by atoms with E-state index in [1.807, 2.05) is 0 Å². The van der Waals surface area contributed by atoms with Gasteiger partial charge in [0.15, 0.2) is 0 Å². The molecule has 0 aromatic heterocycles. The second kappa shape index (κ2) is 3.36. The van der Waals surface area contributed by atoms with Crippen LogP contribution in [0.4, 0.5) is 0 Å². The number of hydrogen-bond donors (Lipinski definition) is 0. The van der Waals surface area contributed by atoms with E-state index in [4.69, 9.17) is 0 Å². The normalized spacial score (nSPS) is 13.0. The Morgan fingerprint density at radius 1 is 1.09 bits per heavy atom. The Balaban J connectivity index is 2.93. The van der Waals surface area contributed by atoms with E-state index in [9.17, 15) is 0 Å². The molecule has 0 spiro atoms. The molecular formula is C10H17P. The van der Waals surface area contributed by atoms with Crippen molar-refractivity contribution in [1.29, 1.82) is 0 Å². The topological polar surface area (TPSA) is 0 Å². The molecule has 0 saturated carbocycles. The van der Waals surface area contributed by atoms with Crippen molar-refractivity contribution in [3.63, 3.8) is 0 Å². The Bertz CT molecular complexity index is 214. The van der Waals surface area contributed by atoms with Gasteiger partial charge in [-0.25, -0.2) is 0 Å². The predicted octanol–water partition coefficient (Wildman–Crippen LogP) is 2.34. The molecule has 0 aliphatic carbocycles. The Morgan fingerprint density at radius 3 is 2.09 bits per heavy atom. The minimum absolute atomic E-state index is 1.05. The summed E-state index contributed by atoms with van der Waals surface area (Å²) < 4.78 is 0. The van der Waals surface area contributed by atoms with Crippen LogP contribution in [0, 0.1) is 0 Å². The number of rotatable bonds is 2. The Morgan fingerprint density at radius 2 is 1.64 bits per heavy atom. The first kappa shape index (κ1) is 8.74. The van der Waals surface area contributed by atoms with E-state index in [1.54, 1.807) is 5.30 Å². The van der Waals surface area contributed by atoms with Crippen molar-refractivity contribution in [3.8, 4) is 0 Å². The molecule has 1 heteroatoms. The van der Waals surface area contributed by atoms with E-state index in [0.29, 0.717) is 0 Å². The van der Waals surface area contributed by atoms with Gasteiger partial charge >= 0.3 is 69.3 Å². The van der Waals surface area contributed by atoms with Gasteiger partial charge in [-0.05, 0) is 0 Å². The van der Waals surface area contributed by atoms with Gasteiger partial charge in [-0.15, -0.1) is 0 Å². The summed E-state index contributed by atoms with van der Waals surface area (Å²) in [6.45, 7) is 7.13. The average Bonchev–Trinajstić information content (AvgIpc) is 2.06. The second-order valence-electron chi connectivity index (χ2n) is 3.60. The van der Waals surface area contributed by atoms with E-state index in [-0.39, 0.29) is 0 Å². The second-order valence-corrected chi connectivity index (χ2v) is 8.66. The van der Waals surface area contributed by atoms with E-state index >= 15 is 0 Å². The fraction of sp³-hybridized carbons (Fsp3) is 0.400. The Hall–Kier alpha value is -0.350. The molecule has 62 valence electrons. The zero-order chi connectivity index (χ0) is 8.32. The molecule has 0 fully saturated rings. The van der Waals surface area contributed by atoms with Crippen LogP contribution < -0.4 is 5.30 Å². The van der Waals surface area contributed by atoms with E-state index in [2.05, 4.69) is 50.6 Å². The van der Waals surface area contributed by atoms with Crippen molar-refractivity contribution in [3.05, 3.63) is 30.3 Å². The van der Waals surface area contributed by atoms with Crippen LogP contribution in [0.1, 0.15) is 6.92 Å². The van der Waals surface area contributed by atoms with Crippen LogP contribution in [0.3, 0.4) is 0 Å². The van der Waals surface area contributed by atoms with Crippen LogP contribution in [0.15, 0.2) is 30.3 Å². The van der Waals surface area contributed by atoms with Gasteiger partial charge in [0, 0.05) is 0 Å². The van der Waals surface area contributed by atoms with E-state index in [0.717, 1.165) is 0 Å². The van der Waals surface area contributed by atoms with Crippen LogP contribution in [-0.4, -0.2) is 19.5 Å². The van der Waals surface area contributed by atoms with Crippen molar-refractivity contribution in [2.24, 2.45) is 0 Å². The van der Waals surface area contributed by atoms with Gasteiger partial charge in [0.2, 0.25) is 0 Å². The molecule has 1 rings (SSSR count). The molecule has 0 unspecified atom stereocenters. The fourth-order valence-corrected chi connectivity index (χ4v) is 2.60. The average molecular weight is 168 g/mol. The monoisotopic (exact) mass is 168 g/mol. The molecule has 0 N–H and O–H groups in total. The molecule has 0 bridgehead atoms. The fourth-order valence-electron chi connectivity index (χ4n) is 1.09. The molecule has 0 atom stereocenters. The summed E-state index contributed by atoms with van der Waals surface area (Å²) in [6, 6.07) is 10.9. The summed E-state index contributed by atoms with van der Waals surface area (Å²) in [4.78, 5) is 0. The summed E-state index contributed by atoms with van der Waals surface area (Å²) in [6.07, 6.45) is 1.33. The zero-order valence-electron chi connectivity index (χ0n) is 7.59. The Labute approximate surface area is 70.0 Å². The summed E-state index contributed by atoms with van der Waals surface area (Å²) in [5.74, 6) is 0. The summed E-state index contributed by atoms with van der Waals surface area (Å²) in [7, 11) is -1.05. The minimum atomic E-state index is -1.05. The Kier molecular flexibility index (Phi) is 2.67. The third-order valence-corrected chi connectivity index (χ3v) is 6.10. The van der Waals surface area contributed by atoms with Crippen LogP contribution in [0.25, 0.3) is 0 Å². The van der Waals surface area contributed by atoms with Gasteiger partial charge in [-0.2, -0.15) is 0 Å². The van der Waals surface area contributed by atoms with Gasteiger partial charge in [-0.1, -0.05) is 0 Å². The van der Waals surface area contributed by atoms with Gasteiger partial charge in [-0.3, -0.25) is 0 Å². The first-order valence-corrected chi connectivity index (χ1v) is 7.43. The molecular weight excluding hydrogens is 151 g/mol. The predicted molar refractivity (Wildman–Crippen MR) is 56.8 cm³/mol. The van der Waals surface area contributed by atoms with Crippen molar-refractivity contribution >= 4 is 12.6 Å². The first-order valence-electron chi connectivity index (χ1n) is 4.22. The summed E-state index contributed by atoms with van der Waals surface area (Å²) in [5.41, 5.74) is 0. The SMILES string of the molecule is CC[PH](C)(C)c1ccccc1. The van der Waals surface area contributed by atoms with Gasteiger partial charge in [0.05, 0.1) is 0 Å². The molecule has 0 aliphatic rings. The standard InChI is InChI=1S/C10H17P/c1-4-11(2,3)10-8-6-5-7-9-10/h5-9,11H,4H2,1-3H3. The van der Waals surface area contributed by atoms with Crippen LogP contribution in [0.2, 0.25) is 0 Å². The van der Waals surface area contributed by atoms with Crippen LogP contribution >= 0.6 is 7.26 Å². The molecule has 0 nitrogen and oxygen atoms in total. The van der Waals surface area contributed by atoms with Crippen molar-refractivity contribution in [2.45, 2.75) is 6.92 Å². The summed E-state index contributed by atoms with van der Waals surface area (Å²) in [5, 5.41) is 1.57. The third-order valence-electron chi connectivity index (χ3n) is 2.44. The van der Waals surface area contributed by atoms with Crippen molar-refractivity contribution < 1.29 is 0 Å². The van der Waals surface area contributed by atoms with Gasteiger partial charge in [0.1, 0.15) is 0 Å². The van der Waals surface area contributed by atoms with Crippen molar-refractivity contribution in [2.75, 3.05) is 19.5 Å². The molecule has 0 radical (unpaired) electrons. The van der Waals surface area contributed by atoms with Crippen molar-refractivity contribution in [1.82, 2.24) is 0 Å². The van der Waals surface area contributed by atoms with Gasteiger partial charge in [0.25, 0.3) is 0 Å². The maximum absolute atomic E-state index is 2.42. The molecule has 0 amide bonds. The summed E-state index contributed by atoms with van der Waals surface area (Å²) >= 11 is 0. The van der Waals surface area contributed by atoms with E-state index in [1.165, 1.54) is 6.16 Å². The van der Waals surface area contributed by atoms with Gasteiger partial charge < -0.3 is 0 Å². The van der Waals surface area contributed by atoms with Crippen LogP contribution in [0.5, 0.6) is 0 Å². The zero-order valence-corrected chi connectivity index (χ0v) is 8.59. The van der Waals surface area contributed by atoms with E-state index < -0.39 is 7.26 Å². The molecule has 1 aromatic rings. The van der Waals surface area contributed by atoms with Crippen LogP contribution in [-0.2, 0) is 0 Å². The quantitative estimate of drug-likeness (QED) is 0.594. The molecule has 11 heavy (non-hydrogen) atoms. The molecule has 1 aromatic carbocycles. The number of benzene rings is 1. The molecule has 0 aliphatic heterocycles. The maximum atomic E-state index is 2.42. The molecule has 0 heterocycles. The first-order chi connectivity index (χ1) is 5.17. The number of hydrogen-bond acceptors (Lipinski definition) is 0. The molecule has 0 saturated heterocycles. The third kappa shape index (κ3) is 2.04.